The number of benzene rings is 1. The number of fused-ring (bicyclic) bond motifs is 6. The van der Waals surface area contributed by atoms with Crippen molar-refractivity contribution in [1.29, 1.82) is 0 Å². The number of hydrogen-bond acceptors (Lipinski definition) is 4. The first kappa shape index (κ1) is 29.2. The van der Waals surface area contributed by atoms with E-state index in [2.05, 4.69) is 37.7 Å². The van der Waals surface area contributed by atoms with Gasteiger partial charge in [0.1, 0.15) is 6.61 Å². The second kappa shape index (κ2) is 11.1. The van der Waals surface area contributed by atoms with Crippen LogP contribution in [-0.4, -0.2) is 41.3 Å². The van der Waals surface area contributed by atoms with Crippen LogP contribution in [-0.2, 0) is 16.1 Å². The predicted molar refractivity (Wildman–Crippen MR) is 167 cm³/mol. The van der Waals surface area contributed by atoms with Crippen LogP contribution in [0.15, 0.2) is 46.6 Å². The Hall–Kier alpha value is -2.50. The lowest BCUT2D eigenvalue weighted by Gasteiger charge is -2.53. The third-order valence-electron chi connectivity index (χ3n) is 13.4. The number of carbonyl (C=O) groups is 1. The summed E-state index contributed by atoms with van der Waals surface area (Å²) >= 11 is 0. The zero-order valence-corrected chi connectivity index (χ0v) is 26.6. The Labute approximate surface area is 257 Å². The zero-order valence-electron chi connectivity index (χ0n) is 26.6. The maximum Gasteiger partial charge on any atom is 0.410 e. The average molecular weight is 587 g/mol. The van der Waals surface area contributed by atoms with E-state index in [1.54, 1.807) is 11.1 Å². The summed E-state index contributed by atoms with van der Waals surface area (Å²) < 4.78 is 13.1. The topological polar surface area (TPSA) is 87.5 Å². The van der Waals surface area contributed by atoms with Gasteiger partial charge < -0.3 is 14.4 Å². The Morgan fingerprint density at radius 2 is 1.95 bits per heavy atom. The van der Waals surface area contributed by atoms with Crippen molar-refractivity contribution in [2.24, 2.45) is 46.0 Å². The largest absolute Gasteiger partial charge is 0.445 e. The number of allylic oxidation sites excluding steroid dienone is 1. The van der Waals surface area contributed by atoms with E-state index in [0.29, 0.717) is 29.8 Å². The summed E-state index contributed by atoms with van der Waals surface area (Å²) in [5, 5.41) is 4.14. The number of azide groups is 1. The summed E-state index contributed by atoms with van der Waals surface area (Å²) in [6.45, 7) is 10.6. The molecule has 1 aromatic rings. The molecular weight excluding hydrogens is 536 g/mol. The highest BCUT2D eigenvalue weighted by Crippen LogP contribution is 2.65. The number of likely N-dealkylation sites (tertiary alicyclic amines) is 1. The lowest BCUT2D eigenvalue weighted by atomic mass is 9.52. The highest BCUT2D eigenvalue weighted by Gasteiger charge is 2.60. The molecule has 7 rings (SSSR count). The van der Waals surface area contributed by atoms with Crippen molar-refractivity contribution in [3.8, 4) is 0 Å². The van der Waals surface area contributed by atoms with Crippen LogP contribution < -0.4 is 0 Å². The Bertz CT molecular complexity index is 1310. The molecule has 43 heavy (non-hydrogen) atoms. The van der Waals surface area contributed by atoms with Gasteiger partial charge in [-0.3, -0.25) is 0 Å². The van der Waals surface area contributed by atoms with E-state index in [4.69, 9.17) is 15.0 Å². The number of rotatable bonds is 3. The first-order valence-electron chi connectivity index (χ1n) is 17.1. The zero-order chi connectivity index (χ0) is 29.9. The van der Waals surface area contributed by atoms with Crippen LogP contribution in [0.5, 0.6) is 0 Å². The molecule has 2 aliphatic heterocycles. The van der Waals surface area contributed by atoms with Crippen LogP contribution in [0.4, 0.5) is 4.79 Å². The van der Waals surface area contributed by atoms with Crippen LogP contribution in [0.3, 0.4) is 0 Å². The summed E-state index contributed by atoms with van der Waals surface area (Å²) in [5.41, 5.74) is 13.5. The highest BCUT2D eigenvalue weighted by atomic mass is 16.6. The minimum atomic E-state index is -0.206. The van der Waals surface area contributed by atoms with E-state index in [9.17, 15) is 4.79 Å². The SMILES string of the molecule is CC1=C2C[C@H]3C(CC[C@@H]4C[C@H](N=[N+]=[N-])CC[C@@]43C)[C@@H]2CC[C@@]2(C1)O[C@@H]1C[C@H](C)CN(C(=O)OCc3ccccc3)[C@H]1[C@H]2C. The molecule has 2 heterocycles. The van der Waals surface area contributed by atoms with Gasteiger partial charge in [-0.05, 0) is 117 Å². The maximum absolute atomic E-state index is 13.5. The quantitative estimate of drug-likeness (QED) is 0.153. The molecule has 1 aromatic carbocycles. The summed E-state index contributed by atoms with van der Waals surface area (Å²) in [4.78, 5) is 18.7. The third kappa shape index (κ3) is 4.90. The molecule has 1 amide bonds. The van der Waals surface area contributed by atoms with E-state index < -0.39 is 0 Å². The molecular formula is C36H50N4O3. The molecule has 0 aromatic heterocycles. The average Bonchev–Trinajstić information content (AvgIpc) is 3.46. The summed E-state index contributed by atoms with van der Waals surface area (Å²) in [6.07, 6.45) is 11.3. The van der Waals surface area contributed by atoms with Crippen molar-refractivity contribution in [2.45, 2.75) is 122 Å². The number of amides is 1. The molecule has 2 saturated heterocycles. The second-order valence-electron chi connectivity index (χ2n) is 15.5. The molecule has 7 heteroatoms. The van der Waals surface area contributed by atoms with E-state index in [-0.39, 0.29) is 35.8 Å². The molecule has 6 aliphatic rings. The number of ether oxygens (including phenoxy) is 2. The van der Waals surface area contributed by atoms with Gasteiger partial charge in [-0.1, -0.05) is 67.4 Å². The lowest BCUT2D eigenvalue weighted by molar-refractivity contribution is -0.0802. The van der Waals surface area contributed by atoms with Crippen molar-refractivity contribution in [1.82, 2.24) is 4.90 Å². The number of nitrogens with zero attached hydrogens (tertiary/aromatic N) is 4. The molecule has 3 saturated carbocycles. The van der Waals surface area contributed by atoms with Crippen LogP contribution in [0.25, 0.3) is 10.4 Å². The van der Waals surface area contributed by atoms with Gasteiger partial charge in [0, 0.05) is 23.4 Å². The summed E-state index contributed by atoms with van der Waals surface area (Å²) in [5.74, 6) is 3.53. The normalized spacial score (nSPS) is 43.6. The van der Waals surface area contributed by atoms with Gasteiger partial charge >= 0.3 is 6.09 Å². The van der Waals surface area contributed by atoms with Crippen LogP contribution >= 0.6 is 0 Å². The Morgan fingerprint density at radius 1 is 1.14 bits per heavy atom. The first-order chi connectivity index (χ1) is 20.7. The van der Waals surface area contributed by atoms with Crippen molar-refractivity contribution in [3.05, 3.63) is 57.5 Å². The van der Waals surface area contributed by atoms with Gasteiger partial charge in [-0.25, -0.2) is 4.79 Å². The van der Waals surface area contributed by atoms with E-state index in [1.807, 2.05) is 35.2 Å². The molecule has 232 valence electrons. The first-order valence-corrected chi connectivity index (χ1v) is 17.1. The van der Waals surface area contributed by atoms with Gasteiger partial charge in [-0.2, -0.15) is 0 Å². The molecule has 7 nitrogen and oxygen atoms in total. The molecule has 0 bridgehead atoms. The van der Waals surface area contributed by atoms with Crippen LogP contribution in [0.1, 0.15) is 97.5 Å². The van der Waals surface area contributed by atoms with E-state index in [1.165, 1.54) is 32.1 Å². The van der Waals surface area contributed by atoms with E-state index >= 15 is 0 Å². The maximum atomic E-state index is 13.5. The number of carbonyl (C=O) groups excluding carboxylic acids is 1. The minimum Gasteiger partial charge on any atom is -0.445 e. The molecule has 1 unspecified atom stereocenters. The predicted octanol–water partition coefficient (Wildman–Crippen LogP) is 8.84. The van der Waals surface area contributed by atoms with Crippen LogP contribution in [0, 0.1) is 40.9 Å². The smallest absolute Gasteiger partial charge is 0.410 e. The van der Waals surface area contributed by atoms with Gasteiger partial charge in [0.2, 0.25) is 0 Å². The van der Waals surface area contributed by atoms with Gasteiger partial charge in [0.15, 0.2) is 0 Å². The molecule has 5 fully saturated rings. The summed E-state index contributed by atoms with van der Waals surface area (Å²) in [7, 11) is 0. The fourth-order valence-electron chi connectivity index (χ4n) is 11.2. The van der Waals surface area contributed by atoms with Crippen molar-refractivity contribution >= 4 is 6.09 Å². The van der Waals surface area contributed by atoms with Crippen molar-refractivity contribution < 1.29 is 14.3 Å². The fraction of sp³-hybridized carbons (Fsp3) is 0.750. The van der Waals surface area contributed by atoms with E-state index in [0.717, 1.165) is 56.0 Å². The third-order valence-corrected chi connectivity index (χ3v) is 13.4. The van der Waals surface area contributed by atoms with Gasteiger partial charge in [0.05, 0.1) is 17.7 Å². The monoisotopic (exact) mass is 586 g/mol. The molecule has 1 spiro atoms. The lowest BCUT2D eigenvalue weighted by Crippen LogP contribution is -2.54. The fourth-order valence-corrected chi connectivity index (χ4v) is 11.2. The van der Waals surface area contributed by atoms with Gasteiger partial charge in [-0.15, -0.1) is 0 Å². The standard InChI is InChI=1S/C36H50N4O3/c1-22-16-32-33(40(20-22)34(41)42-21-25-8-6-5-7-9-25)24(3)36(43-32)15-13-28-29-11-10-26-17-27(38-39-37)12-14-35(26,4)31(29)18-30(28)23(2)19-36/h5-9,22,24,26-29,31-33H,10-21H2,1-4H3/t22-,24+,26+,27+,28-,29?,31-,32+,33-,35-,36-/m0/s1. The highest BCUT2D eigenvalue weighted by molar-refractivity contribution is 5.68. The van der Waals surface area contributed by atoms with Crippen molar-refractivity contribution in [2.75, 3.05) is 6.54 Å². The minimum absolute atomic E-state index is 0.0727. The number of hydrogen-bond donors (Lipinski definition) is 0. The Morgan fingerprint density at radius 3 is 2.74 bits per heavy atom. The molecule has 0 N–H and O–H groups in total. The van der Waals surface area contributed by atoms with Gasteiger partial charge in [0.25, 0.3) is 0 Å². The molecule has 11 atom stereocenters. The van der Waals surface area contributed by atoms with Crippen molar-refractivity contribution in [3.63, 3.8) is 0 Å². The van der Waals surface area contributed by atoms with Crippen LogP contribution in [0.2, 0.25) is 0 Å². The second-order valence-corrected chi connectivity index (χ2v) is 15.5. The number of piperidine rings is 1. The Kier molecular flexibility index (Phi) is 7.57. The molecule has 0 radical (unpaired) electrons. The Balaban J connectivity index is 1.10. The molecule has 4 aliphatic carbocycles. The summed E-state index contributed by atoms with van der Waals surface area (Å²) in [6, 6.07) is 10.2.